The molecule has 1 aromatic heterocycles. The van der Waals surface area contributed by atoms with E-state index in [9.17, 15) is 13.2 Å². The van der Waals surface area contributed by atoms with Gasteiger partial charge in [0.15, 0.2) is 0 Å². The fraction of sp³-hybridized carbons (Fsp3) is 0.348. The van der Waals surface area contributed by atoms with Gasteiger partial charge in [-0.15, -0.1) is 5.10 Å². The second-order valence-electron chi connectivity index (χ2n) is 7.76. The van der Waals surface area contributed by atoms with E-state index >= 15 is 0 Å². The Balaban J connectivity index is 1.44. The number of benzene rings is 2. The molecule has 3 aromatic rings. The predicted octanol–water partition coefficient (Wildman–Crippen LogP) is 3.06. The molecule has 2 heterocycles. The molecule has 1 unspecified atom stereocenters. The summed E-state index contributed by atoms with van der Waals surface area (Å²) in [4.78, 5) is 15.0. The van der Waals surface area contributed by atoms with Gasteiger partial charge in [-0.1, -0.05) is 49.4 Å². The molecule has 9 heteroatoms. The highest BCUT2D eigenvalue weighted by Crippen LogP contribution is 2.25. The van der Waals surface area contributed by atoms with Gasteiger partial charge in [0.1, 0.15) is 5.69 Å². The fourth-order valence-electron chi connectivity index (χ4n) is 4.00. The van der Waals surface area contributed by atoms with Gasteiger partial charge >= 0.3 is 0 Å². The minimum Gasteiger partial charge on any atom is -0.336 e. The van der Waals surface area contributed by atoms with Crippen molar-refractivity contribution in [3.05, 3.63) is 66.4 Å². The quantitative estimate of drug-likeness (QED) is 0.549. The van der Waals surface area contributed by atoms with Gasteiger partial charge in [0, 0.05) is 37.3 Å². The van der Waals surface area contributed by atoms with Crippen molar-refractivity contribution in [2.75, 3.05) is 26.2 Å². The van der Waals surface area contributed by atoms with E-state index in [-0.39, 0.29) is 16.8 Å². The van der Waals surface area contributed by atoms with Crippen molar-refractivity contribution in [2.24, 2.45) is 0 Å². The Kier molecular flexibility index (Phi) is 6.38. The maximum Gasteiger partial charge on any atom is 0.253 e. The molecule has 8 nitrogen and oxygen atoms in total. The van der Waals surface area contributed by atoms with Crippen molar-refractivity contribution in [1.29, 1.82) is 0 Å². The topological polar surface area (TPSA) is 88.4 Å². The Morgan fingerprint density at radius 1 is 1.06 bits per heavy atom. The molecule has 168 valence electrons. The number of amides is 1. The molecular weight excluding hydrogens is 426 g/mol. The van der Waals surface area contributed by atoms with Crippen LogP contribution in [0.1, 0.15) is 36.7 Å². The monoisotopic (exact) mass is 453 g/mol. The molecule has 1 saturated heterocycles. The zero-order valence-electron chi connectivity index (χ0n) is 18.3. The van der Waals surface area contributed by atoms with Gasteiger partial charge in [0.25, 0.3) is 5.91 Å². The second kappa shape index (κ2) is 9.22. The average molecular weight is 454 g/mol. The van der Waals surface area contributed by atoms with E-state index in [1.807, 2.05) is 41.2 Å². The van der Waals surface area contributed by atoms with E-state index in [2.05, 4.69) is 10.3 Å². The number of aromatic nitrogens is 3. The molecule has 1 fully saturated rings. The van der Waals surface area contributed by atoms with E-state index < -0.39 is 10.0 Å². The number of rotatable bonds is 7. The van der Waals surface area contributed by atoms with Crippen molar-refractivity contribution in [3.8, 4) is 11.3 Å². The number of hydrogen-bond donors (Lipinski definition) is 0. The highest BCUT2D eigenvalue weighted by Gasteiger charge is 2.29. The highest BCUT2D eigenvalue weighted by molar-refractivity contribution is 7.89. The zero-order chi connectivity index (χ0) is 22.7. The van der Waals surface area contributed by atoms with E-state index in [0.29, 0.717) is 31.7 Å². The van der Waals surface area contributed by atoms with Gasteiger partial charge in [-0.25, -0.2) is 13.1 Å². The summed E-state index contributed by atoms with van der Waals surface area (Å²) in [5, 5.41) is 8.54. The Morgan fingerprint density at radius 3 is 2.41 bits per heavy atom. The maximum absolute atomic E-state index is 13.0. The Morgan fingerprint density at radius 2 is 1.75 bits per heavy atom. The molecule has 0 saturated carbocycles. The van der Waals surface area contributed by atoms with Crippen LogP contribution in [0.2, 0.25) is 0 Å². The molecule has 4 rings (SSSR count). The van der Waals surface area contributed by atoms with Crippen LogP contribution < -0.4 is 0 Å². The largest absolute Gasteiger partial charge is 0.336 e. The zero-order valence-corrected chi connectivity index (χ0v) is 19.1. The minimum absolute atomic E-state index is 0.0613. The molecule has 0 N–H and O–H groups in total. The van der Waals surface area contributed by atoms with Gasteiger partial charge in [-0.3, -0.25) is 4.79 Å². The Labute approximate surface area is 188 Å². The van der Waals surface area contributed by atoms with Gasteiger partial charge in [-0.2, -0.15) is 4.31 Å². The second-order valence-corrected chi connectivity index (χ2v) is 9.70. The SMILES string of the molecule is CCN(CC)S(=O)(=O)c1ccc(C(=O)N2CCC(n3cc(-c4ccccc4)nn3)C2)cc1. The molecule has 0 radical (unpaired) electrons. The summed E-state index contributed by atoms with van der Waals surface area (Å²) in [7, 11) is -3.54. The summed E-state index contributed by atoms with van der Waals surface area (Å²) >= 11 is 0. The van der Waals surface area contributed by atoms with Crippen LogP contribution in [-0.2, 0) is 10.0 Å². The first kappa shape index (κ1) is 22.2. The lowest BCUT2D eigenvalue weighted by Crippen LogP contribution is -2.31. The van der Waals surface area contributed by atoms with Crippen LogP contribution in [0.3, 0.4) is 0 Å². The first-order valence-electron chi connectivity index (χ1n) is 10.8. The van der Waals surface area contributed by atoms with E-state index in [4.69, 9.17) is 0 Å². The molecule has 0 spiro atoms. The lowest BCUT2D eigenvalue weighted by molar-refractivity contribution is 0.0787. The lowest BCUT2D eigenvalue weighted by Gasteiger charge is -2.19. The predicted molar refractivity (Wildman–Crippen MR) is 122 cm³/mol. The van der Waals surface area contributed by atoms with Gasteiger partial charge in [0.2, 0.25) is 10.0 Å². The molecule has 1 aliphatic heterocycles. The third kappa shape index (κ3) is 4.31. The highest BCUT2D eigenvalue weighted by atomic mass is 32.2. The van der Waals surface area contributed by atoms with Crippen molar-refractivity contribution in [3.63, 3.8) is 0 Å². The van der Waals surface area contributed by atoms with Crippen molar-refractivity contribution < 1.29 is 13.2 Å². The number of carbonyl (C=O) groups excluding carboxylic acids is 1. The van der Waals surface area contributed by atoms with Gasteiger partial charge in [0.05, 0.1) is 17.1 Å². The number of nitrogens with zero attached hydrogens (tertiary/aromatic N) is 5. The normalized spacial score (nSPS) is 16.6. The summed E-state index contributed by atoms with van der Waals surface area (Å²) in [6.07, 6.45) is 2.71. The molecule has 1 amide bonds. The van der Waals surface area contributed by atoms with Crippen LogP contribution in [0, 0.1) is 0 Å². The lowest BCUT2D eigenvalue weighted by atomic mass is 10.2. The van der Waals surface area contributed by atoms with E-state index in [0.717, 1.165) is 17.7 Å². The summed E-state index contributed by atoms with van der Waals surface area (Å²) in [6.45, 7) is 5.58. The molecule has 2 aromatic carbocycles. The third-order valence-corrected chi connectivity index (χ3v) is 7.91. The molecule has 1 aliphatic rings. The van der Waals surface area contributed by atoms with Crippen LogP contribution >= 0.6 is 0 Å². The first-order valence-corrected chi connectivity index (χ1v) is 12.2. The molecule has 0 bridgehead atoms. The van der Waals surface area contributed by atoms with Gasteiger partial charge < -0.3 is 4.90 Å². The molecule has 0 aliphatic carbocycles. The summed E-state index contributed by atoms with van der Waals surface area (Å²) < 4.78 is 28.5. The van der Waals surface area contributed by atoms with Crippen LogP contribution in [-0.4, -0.2) is 64.7 Å². The number of hydrogen-bond acceptors (Lipinski definition) is 5. The van der Waals surface area contributed by atoms with Crippen LogP contribution in [0.4, 0.5) is 0 Å². The molecular formula is C23H27N5O3S. The van der Waals surface area contributed by atoms with Crippen LogP contribution in [0.5, 0.6) is 0 Å². The minimum atomic E-state index is -3.54. The fourth-order valence-corrected chi connectivity index (χ4v) is 5.46. The Bertz CT molecular complexity index is 1170. The number of likely N-dealkylation sites (tertiary alicyclic amines) is 1. The molecule has 32 heavy (non-hydrogen) atoms. The van der Waals surface area contributed by atoms with E-state index in [1.165, 1.54) is 16.4 Å². The smallest absolute Gasteiger partial charge is 0.253 e. The van der Waals surface area contributed by atoms with E-state index in [1.54, 1.807) is 30.9 Å². The maximum atomic E-state index is 13.0. The van der Waals surface area contributed by atoms with Crippen molar-refractivity contribution in [1.82, 2.24) is 24.2 Å². The van der Waals surface area contributed by atoms with Crippen molar-refractivity contribution in [2.45, 2.75) is 31.2 Å². The van der Waals surface area contributed by atoms with Crippen molar-refractivity contribution >= 4 is 15.9 Å². The van der Waals surface area contributed by atoms with Crippen LogP contribution in [0.25, 0.3) is 11.3 Å². The first-order chi connectivity index (χ1) is 15.4. The summed E-state index contributed by atoms with van der Waals surface area (Å²) in [6, 6.07) is 16.1. The summed E-state index contributed by atoms with van der Waals surface area (Å²) in [5.74, 6) is -0.109. The third-order valence-electron chi connectivity index (χ3n) is 5.85. The number of carbonyl (C=O) groups is 1. The average Bonchev–Trinajstić information content (AvgIpc) is 3.50. The molecule has 1 atom stereocenters. The van der Waals surface area contributed by atoms with Crippen LogP contribution in [0.15, 0.2) is 65.7 Å². The number of sulfonamides is 1. The summed E-state index contributed by atoms with van der Waals surface area (Å²) in [5.41, 5.74) is 2.29. The Hall–Kier alpha value is -3.04. The van der Waals surface area contributed by atoms with Gasteiger partial charge in [-0.05, 0) is 30.7 Å². The standard InChI is InChI=1S/C23H27N5O3S/c1-3-27(4-2)32(30,31)21-12-10-19(11-13-21)23(29)26-15-14-20(16-26)28-17-22(24-25-28)18-8-6-5-7-9-18/h5-13,17,20H,3-4,14-16H2,1-2H3.